The van der Waals surface area contributed by atoms with Crippen LogP contribution in [0.1, 0.15) is 27.2 Å². The second kappa shape index (κ2) is 11.7. The predicted molar refractivity (Wildman–Crippen MR) is 97.5 cm³/mol. The van der Waals surface area contributed by atoms with Crippen LogP contribution >= 0.6 is 12.6 Å². The molecule has 11 heteroatoms. The van der Waals surface area contributed by atoms with E-state index in [4.69, 9.17) is 5.73 Å². The van der Waals surface area contributed by atoms with E-state index in [0.29, 0.717) is 0 Å². The van der Waals surface area contributed by atoms with E-state index in [0.717, 1.165) is 0 Å². The van der Waals surface area contributed by atoms with Crippen LogP contribution in [0.3, 0.4) is 0 Å². The van der Waals surface area contributed by atoms with Crippen LogP contribution in [-0.4, -0.2) is 70.4 Å². The maximum absolute atomic E-state index is 12.3. The van der Waals surface area contributed by atoms with E-state index in [1.54, 1.807) is 13.8 Å². The third-order valence-electron chi connectivity index (χ3n) is 3.40. The summed E-state index contributed by atoms with van der Waals surface area (Å²) in [4.78, 5) is 47.1. The van der Waals surface area contributed by atoms with E-state index < -0.39 is 47.9 Å². The number of rotatable bonds is 11. The highest BCUT2D eigenvalue weighted by Crippen LogP contribution is 2.06. The molecule has 0 aliphatic rings. The van der Waals surface area contributed by atoms with E-state index in [1.807, 2.05) is 0 Å². The lowest BCUT2D eigenvalue weighted by atomic mass is 10.0. The first-order chi connectivity index (χ1) is 12.0. The van der Waals surface area contributed by atoms with Gasteiger partial charge in [-0.15, -0.1) is 0 Å². The quantitative estimate of drug-likeness (QED) is 0.196. The van der Waals surface area contributed by atoms with Crippen molar-refractivity contribution in [1.82, 2.24) is 16.0 Å². The first kappa shape index (κ1) is 24.1. The Bertz CT molecular complexity index is 514. The van der Waals surface area contributed by atoms with E-state index in [9.17, 15) is 29.4 Å². The molecule has 150 valence electrons. The molecule has 0 saturated heterocycles. The third-order valence-corrected chi connectivity index (χ3v) is 3.77. The Kier molecular flexibility index (Phi) is 10.9. The summed E-state index contributed by atoms with van der Waals surface area (Å²) in [5.41, 5.74) is 5.17. The van der Waals surface area contributed by atoms with Crippen molar-refractivity contribution in [1.29, 1.82) is 0 Å². The molecule has 7 N–H and O–H groups in total. The fourth-order valence-corrected chi connectivity index (χ4v) is 2.32. The number of thiol groups is 1. The predicted octanol–water partition coefficient (Wildman–Crippen LogP) is -2.16. The smallest absolute Gasteiger partial charge is 0.326 e. The number of carbonyl (C=O) groups is 4. The number of carbonyl (C=O) groups excluding carboxylic acids is 3. The standard InChI is InChI=1S/C15H28N4O6S/c1-7(2)4-9(15(24)25)18-14(23)12(8(3)20)19-13(22)10(6-26)17-11(21)5-16/h7-10,12,20,26H,4-6,16H2,1-3H3,(H,17,21)(H,18,23)(H,19,22)(H,24,25). The van der Waals surface area contributed by atoms with Crippen molar-refractivity contribution in [3.05, 3.63) is 0 Å². The second-order valence-electron chi connectivity index (χ2n) is 6.26. The molecule has 0 radical (unpaired) electrons. The van der Waals surface area contributed by atoms with Crippen LogP contribution in [0, 0.1) is 5.92 Å². The van der Waals surface area contributed by atoms with Gasteiger partial charge in [0.25, 0.3) is 0 Å². The lowest BCUT2D eigenvalue weighted by molar-refractivity contribution is -0.143. The van der Waals surface area contributed by atoms with E-state index in [-0.39, 0.29) is 24.6 Å². The van der Waals surface area contributed by atoms with Crippen LogP contribution in [0.15, 0.2) is 0 Å². The van der Waals surface area contributed by atoms with Crippen molar-refractivity contribution in [2.75, 3.05) is 12.3 Å². The van der Waals surface area contributed by atoms with Crippen molar-refractivity contribution >= 4 is 36.3 Å². The van der Waals surface area contributed by atoms with Crippen molar-refractivity contribution < 1.29 is 29.4 Å². The van der Waals surface area contributed by atoms with Crippen LogP contribution in [0.25, 0.3) is 0 Å². The number of nitrogens with one attached hydrogen (secondary N) is 3. The average Bonchev–Trinajstić information content (AvgIpc) is 2.55. The van der Waals surface area contributed by atoms with Gasteiger partial charge in [0, 0.05) is 5.75 Å². The zero-order chi connectivity index (χ0) is 20.4. The maximum Gasteiger partial charge on any atom is 0.326 e. The molecular weight excluding hydrogens is 364 g/mol. The van der Waals surface area contributed by atoms with Gasteiger partial charge < -0.3 is 31.9 Å². The number of hydrogen-bond acceptors (Lipinski definition) is 7. The molecule has 0 saturated carbocycles. The van der Waals surface area contributed by atoms with Gasteiger partial charge >= 0.3 is 5.97 Å². The number of amides is 3. The number of aliphatic hydroxyl groups excluding tert-OH is 1. The number of carboxylic acid groups (broad SMARTS) is 1. The molecule has 0 aliphatic heterocycles. The molecule has 4 unspecified atom stereocenters. The normalized spacial score (nSPS) is 15.5. The summed E-state index contributed by atoms with van der Waals surface area (Å²) < 4.78 is 0. The summed E-state index contributed by atoms with van der Waals surface area (Å²) in [5, 5.41) is 25.9. The average molecular weight is 392 g/mol. The third kappa shape index (κ3) is 8.50. The Morgan fingerprint density at radius 3 is 1.96 bits per heavy atom. The first-order valence-corrected chi connectivity index (χ1v) is 8.78. The summed E-state index contributed by atoms with van der Waals surface area (Å²) in [7, 11) is 0. The highest BCUT2D eigenvalue weighted by Gasteiger charge is 2.31. The Hall–Kier alpha value is -1.85. The van der Waals surface area contributed by atoms with Gasteiger partial charge in [0.15, 0.2) is 0 Å². The molecular formula is C15H28N4O6S. The zero-order valence-corrected chi connectivity index (χ0v) is 16.0. The molecule has 4 atom stereocenters. The molecule has 0 heterocycles. The number of aliphatic carboxylic acids is 1. The van der Waals surface area contributed by atoms with E-state index >= 15 is 0 Å². The summed E-state index contributed by atoms with van der Waals surface area (Å²) in [5.74, 6) is -3.44. The maximum atomic E-state index is 12.3. The summed E-state index contributed by atoms with van der Waals surface area (Å²) >= 11 is 3.96. The molecule has 0 aromatic carbocycles. The van der Waals surface area contributed by atoms with Crippen molar-refractivity contribution in [3.63, 3.8) is 0 Å². The van der Waals surface area contributed by atoms with E-state index in [2.05, 4.69) is 28.6 Å². The van der Waals surface area contributed by atoms with Crippen LogP contribution in [0.4, 0.5) is 0 Å². The highest BCUT2D eigenvalue weighted by molar-refractivity contribution is 7.80. The van der Waals surface area contributed by atoms with Gasteiger partial charge in [0.2, 0.25) is 17.7 Å². The molecule has 0 aromatic rings. The summed E-state index contributed by atoms with van der Waals surface area (Å²) in [6, 6.07) is -3.61. The molecule has 0 bridgehead atoms. The molecule has 0 aromatic heterocycles. The molecule has 0 rings (SSSR count). The fraction of sp³-hybridized carbons (Fsp3) is 0.733. The minimum atomic E-state index is -1.39. The number of hydrogen-bond donors (Lipinski definition) is 7. The SMILES string of the molecule is CC(C)CC(NC(=O)C(NC(=O)C(CS)NC(=O)CN)C(C)O)C(=O)O. The Morgan fingerprint density at radius 1 is 1.00 bits per heavy atom. The largest absolute Gasteiger partial charge is 0.480 e. The Labute approximate surface area is 157 Å². The zero-order valence-electron chi connectivity index (χ0n) is 15.1. The number of nitrogens with two attached hydrogens (primary N) is 1. The van der Waals surface area contributed by atoms with Gasteiger partial charge in [-0.2, -0.15) is 12.6 Å². The monoisotopic (exact) mass is 392 g/mol. The van der Waals surface area contributed by atoms with Crippen LogP contribution in [0.2, 0.25) is 0 Å². The number of carboxylic acids is 1. The minimum Gasteiger partial charge on any atom is -0.480 e. The summed E-state index contributed by atoms with van der Waals surface area (Å²) in [6.45, 7) is 4.55. The van der Waals surface area contributed by atoms with Crippen LogP contribution in [-0.2, 0) is 19.2 Å². The van der Waals surface area contributed by atoms with Gasteiger partial charge in [0.05, 0.1) is 12.6 Å². The van der Waals surface area contributed by atoms with Crippen LogP contribution < -0.4 is 21.7 Å². The van der Waals surface area contributed by atoms with Crippen LogP contribution in [0.5, 0.6) is 0 Å². The molecule has 26 heavy (non-hydrogen) atoms. The van der Waals surface area contributed by atoms with Crippen molar-refractivity contribution in [2.45, 2.75) is 51.4 Å². The molecule has 0 fully saturated rings. The Balaban J connectivity index is 5.10. The minimum absolute atomic E-state index is 0.0102. The first-order valence-electron chi connectivity index (χ1n) is 8.15. The van der Waals surface area contributed by atoms with Gasteiger partial charge in [-0.25, -0.2) is 4.79 Å². The van der Waals surface area contributed by atoms with Gasteiger partial charge in [-0.1, -0.05) is 13.8 Å². The fourth-order valence-electron chi connectivity index (χ4n) is 2.06. The Morgan fingerprint density at radius 2 is 1.58 bits per heavy atom. The van der Waals surface area contributed by atoms with Crippen molar-refractivity contribution in [2.24, 2.45) is 11.7 Å². The van der Waals surface area contributed by atoms with Gasteiger partial charge in [0.1, 0.15) is 18.1 Å². The van der Waals surface area contributed by atoms with Gasteiger partial charge in [-0.3, -0.25) is 14.4 Å². The second-order valence-corrected chi connectivity index (χ2v) is 6.63. The highest BCUT2D eigenvalue weighted by atomic mass is 32.1. The molecule has 0 spiro atoms. The summed E-state index contributed by atoms with van der Waals surface area (Å²) in [6.07, 6.45) is -1.11. The topological polar surface area (TPSA) is 171 Å². The molecule has 3 amide bonds. The van der Waals surface area contributed by atoms with E-state index in [1.165, 1.54) is 6.92 Å². The lowest BCUT2D eigenvalue weighted by Crippen LogP contribution is -2.59. The number of aliphatic hydroxyl groups is 1. The molecule has 0 aliphatic carbocycles. The van der Waals surface area contributed by atoms with Gasteiger partial charge in [-0.05, 0) is 19.3 Å². The lowest BCUT2D eigenvalue weighted by Gasteiger charge is -2.25. The van der Waals surface area contributed by atoms with Crippen molar-refractivity contribution in [3.8, 4) is 0 Å². The molecule has 10 nitrogen and oxygen atoms in total.